The van der Waals surface area contributed by atoms with Gasteiger partial charge in [-0.25, -0.2) is 0 Å². The van der Waals surface area contributed by atoms with E-state index in [0.717, 1.165) is 0 Å². The number of halogens is 4. The Morgan fingerprint density at radius 3 is 2.26 bits per heavy atom. The van der Waals surface area contributed by atoms with Crippen molar-refractivity contribution in [1.82, 2.24) is 0 Å². The summed E-state index contributed by atoms with van der Waals surface area (Å²) in [6.45, 7) is -0.370. The molecule has 0 aliphatic heterocycles. The molecule has 3 aromatic carbocycles. The maximum absolute atomic E-state index is 12.5. The zero-order valence-electron chi connectivity index (χ0n) is 17.2. The molecule has 0 atom stereocenters. The maximum atomic E-state index is 12.5. The van der Waals surface area contributed by atoms with Gasteiger partial charge in [-0.15, -0.1) is 0 Å². The molecular formula is C24H15Cl4N3O3. The summed E-state index contributed by atoms with van der Waals surface area (Å²) in [6.07, 6.45) is 1.32. The SMILES string of the molecule is N#C/C(=C/c1cc(Cl)c(OCC(=O)Nc2ccccc2Cl)c(Cl)c1)C(=O)Nc1cccc(Cl)c1. The van der Waals surface area contributed by atoms with E-state index in [2.05, 4.69) is 10.6 Å². The van der Waals surface area contributed by atoms with E-state index in [1.165, 1.54) is 18.2 Å². The molecule has 0 aliphatic rings. The van der Waals surface area contributed by atoms with Crippen LogP contribution in [0.1, 0.15) is 5.56 Å². The van der Waals surface area contributed by atoms with Crippen LogP contribution in [0.3, 0.4) is 0 Å². The van der Waals surface area contributed by atoms with E-state index < -0.39 is 11.8 Å². The molecule has 0 heterocycles. The zero-order valence-corrected chi connectivity index (χ0v) is 20.3. The van der Waals surface area contributed by atoms with Crippen molar-refractivity contribution in [3.8, 4) is 11.8 Å². The average molecular weight is 535 g/mol. The highest BCUT2D eigenvalue weighted by atomic mass is 35.5. The van der Waals surface area contributed by atoms with E-state index in [1.54, 1.807) is 48.5 Å². The van der Waals surface area contributed by atoms with Gasteiger partial charge >= 0.3 is 0 Å². The number of amides is 2. The lowest BCUT2D eigenvalue weighted by atomic mass is 10.1. The lowest BCUT2D eigenvalue weighted by Gasteiger charge is -2.12. The van der Waals surface area contributed by atoms with Crippen molar-refractivity contribution in [2.75, 3.05) is 17.2 Å². The molecule has 0 saturated carbocycles. The van der Waals surface area contributed by atoms with Crippen LogP contribution in [-0.4, -0.2) is 18.4 Å². The summed E-state index contributed by atoms with van der Waals surface area (Å²) >= 11 is 24.5. The molecule has 2 amide bonds. The summed E-state index contributed by atoms with van der Waals surface area (Å²) in [5, 5.41) is 15.6. The number of hydrogen-bond donors (Lipinski definition) is 2. The van der Waals surface area contributed by atoms with Gasteiger partial charge < -0.3 is 15.4 Å². The molecule has 3 aromatic rings. The predicted molar refractivity (Wildman–Crippen MR) is 136 cm³/mol. The molecule has 0 bridgehead atoms. The van der Waals surface area contributed by atoms with Crippen LogP contribution in [0.4, 0.5) is 11.4 Å². The third-order valence-corrected chi connectivity index (χ3v) is 5.40. The Morgan fingerprint density at radius 2 is 1.62 bits per heavy atom. The van der Waals surface area contributed by atoms with Gasteiger partial charge in [-0.05, 0) is 54.1 Å². The summed E-state index contributed by atoms with van der Waals surface area (Å²) in [4.78, 5) is 24.6. The second-order valence-corrected chi connectivity index (χ2v) is 8.42. The number of nitrogens with zero attached hydrogens (tertiary/aromatic N) is 1. The van der Waals surface area contributed by atoms with E-state index in [0.29, 0.717) is 27.0 Å². The first kappa shape index (κ1) is 25.4. The Balaban J connectivity index is 1.70. The highest BCUT2D eigenvalue weighted by Crippen LogP contribution is 2.35. The third kappa shape index (κ3) is 6.89. The van der Waals surface area contributed by atoms with E-state index >= 15 is 0 Å². The van der Waals surface area contributed by atoms with Crippen molar-refractivity contribution in [1.29, 1.82) is 5.26 Å². The fourth-order valence-electron chi connectivity index (χ4n) is 2.77. The normalized spacial score (nSPS) is 10.9. The molecule has 6 nitrogen and oxygen atoms in total. The van der Waals surface area contributed by atoms with Gasteiger partial charge in [0.2, 0.25) is 0 Å². The molecule has 2 N–H and O–H groups in total. The maximum Gasteiger partial charge on any atom is 0.266 e. The minimum absolute atomic E-state index is 0.0803. The smallest absolute Gasteiger partial charge is 0.266 e. The monoisotopic (exact) mass is 533 g/mol. The van der Waals surface area contributed by atoms with Gasteiger partial charge in [-0.1, -0.05) is 64.6 Å². The average Bonchev–Trinajstić information content (AvgIpc) is 2.78. The molecule has 0 fully saturated rings. The lowest BCUT2D eigenvalue weighted by molar-refractivity contribution is -0.118. The number of anilines is 2. The highest BCUT2D eigenvalue weighted by Gasteiger charge is 2.15. The molecule has 3 rings (SSSR count). The number of benzene rings is 3. The first-order valence-electron chi connectivity index (χ1n) is 9.61. The summed E-state index contributed by atoms with van der Waals surface area (Å²) in [7, 11) is 0. The largest absolute Gasteiger partial charge is 0.481 e. The molecule has 0 saturated heterocycles. The lowest BCUT2D eigenvalue weighted by Crippen LogP contribution is -2.20. The standard InChI is InChI=1S/C24H15Cl4N3O3/c25-16-4-3-5-17(11-16)30-24(33)15(12-29)8-14-9-19(27)23(20(28)10-14)34-13-22(32)31-21-7-2-1-6-18(21)26/h1-11H,13H2,(H,30,33)(H,31,32)/b15-8-. The van der Waals surface area contributed by atoms with Crippen LogP contribution in [0.25, 0.3) is 6.08 Å². The van der Waals surface area contributed by atoms with Gasteiger partial charge in [0, 0.05) is 10.7 Å². The second-order valence-electron chi connectivity index (χ2n) is 6.76. The van der Waals surface area contributed by atoms with E-state index in [4.69, 9.17) is 51.1 Å². The first-order chi connectivity index (χ1) is 16.3. The zero-order chi connectivity index (χ0) is 24.7. The number of carbonyl (C=O) groups excluding carboxylic acids is 2. The Bertz CT molecular complexity index is 1300. The van der Waals surface area contributed by atoms with Gasteiger partial charge in [0.05, 0.1) is 20.8 Å². The van der Waals surface area contributed by atoms with Crippen molar-refractivity contribution in [3.05, 3.63) is 91.9 Å². The predicted octanol–water partition coefficient (Wildman–Crippen LogP) is 6.86. The molecular weight excluding hydrogens is 520 g/mol. The minimum atomic E-state index is -0.631. The number of ether oxygens (including phenoxy) is 1. The summed E-state index contributed by atoms with van der Waals surface area (Å²) in [5.41, 5.74) is 1.09. The number of hydrogen-bond acceptors (Lipinski definition) is 4. The molecule has 34 heavy (non-hydrogen) atoms. The van der Waals surface area contributed by atoms with Crippen molar-refractivity contribution in [2.24, 2.45) is 0 Å². The van der Waals surface area contributed by atoms with Crippen LogP contribution in [0.15, 0.2) is 66.2 Å². The van der Waals surface area contributed by atoms with Crippen molar-refractivity contribution < 1.29 is 14.3 Å². The van der Waals surface area contributed by atoms with E-state index in [9.17, 15) is 14.9 Å². The highest BCUT2D eigenvalue weighted by molar-refractivity contribution is 6.37. The Morgan fingerprint density at radius 1 is 0.912 bits per heavy atom. The van der Waals surface area contributed by atoms with Gasteiger partial charge in [-0.3, -0.25) is 9.59 Å². The molecule has 10 heteroatoms. The number of nitrogens with one attached hydrogen (secondary N) is 2. The topological polar surface area (TPSA) is 91.2 Å². The van der Waals surface area contributed by atoms with Gasteiger partial charge in [0.25, 0.3) is 11.8 Å². The quantitative estimate of drug-likeness (QED) is 0.256. The minimum Gasteiger partial charge on any atom is -0.481 e. The summed E-state index contributed by atoms with van der Waals surface area (Å²) in [5.74, 6) is -1.01. The molecule has 172 valence electrons. The molecule has 0 unspecified atom stereocenters. The van der Waals surface area contributed by atoms with Crippen molar-refractivity contribution >= 4 is 75.7 Å². The Kier molecular flexibility index (Phi) is 8.80. The molecule has 0 spiro atoms. The van der Waals surface area contributed by atoms with Crippen LogP contribution < -0.4 is 15.4 Å². The fourth-order valence-corrected chi connectivity index (χ4v) is 3.75. The second kappa shape index (κ2) is 11.8. The summed E-state index contributed by atoms with van der Waals surface area (Å²) < 4.78 is 5.47. The number of rotatable bonds is 7. The van der Waals surface area contributed by atoms with Crippen LogP contribution in [0.2, 0.25) is 20.1 Å². The van der Waals surface area contributed by atoms with Crippen molar-refractivity contribution in [3.63, 3.8) is 0 Å². The van der Waals surface area contributed by atoms with Gasteiger partial charge in [0.1, 0.15) is 11.6 Å². The van der Waals surface area contributed by atoms with Gasteiger partial charge in [0.15, 0.2) is 12.4 Å². The Hall–Kier alpha value is -3.21. The third-order valence-electron chi connectivity index (χ3n) is 4.27. The molecule has 0 radical (unpaired) electrons. The molecule has 0 aliphatic carbocycles. The Labute approximate surface area is 215 Å². The summed E-state index contributed by atoms with van der Waals surface area (Å²) in [6, 6.07) is 18.0. The van der Waals surface area contributed by atoms with Crippen molar-refractivity contribution in [2.45, 2.75) is 0 Å². The van der Waals surface area contributed by atoms with Crippen LogP contribution in [-0.2, 0) is 9.59 Å². The number of nitriles is 1. The van der Waals surface area contributed by atoms with Gasteiger partial charge in [-0.2, -0.15) is 5.26 Å². The fraction of sp³-hybridized carbons (Fsp3) is 0.0417. The van der Waals surface area contributed by atoms with Crippen LogP contribution in [0.5, 0.6) is 5.75 Å². The van der Waals surface area contributed by atoms with E-state index in [-0.39, 0.29) is 28.0 Å². The van der Waals surface area contributed by atoms with Crippen LogP contribution >= 0.6 is 46.4 Å². The molecule has 0 aromatic heterocycles. The van der Waals surface area contributed by atoms with Crippen LogP contribution in [0, 0.1) is 11.3 Å². The van der Waals surface area contributed by atoms with E-state index in [1.807, 2.05) is 6.07 Å². The number of para-hydroxylation sites is 1. The number of carbonyl (C=O) groups is 2. The first-order valence-corrected chi connectivity index (χ1v) is 11.1.